The van der Waals surface area contributed by atoms with Crippen LogP contribution in [0.15, 0.2) is 70.6 Å². The second-order valence-electron chi connectivity index (χ2n) is 9.31. The molecular weight excluding hydrogens is 565 g/mol. The second-order valence-corrected chi connectivity index (χ2v) is 10.2. The second kappa shape index (κ2) is 13.0. The Morgan fingerprint density at radius 3 is 2.68 bits per heavy atom. The van der Waals surface area contributed by atoms with E-state index in [2.05, 4.69) is 15.0 Å². The molecule has 212 valence electrons. The van der Waals surface area contributed by atoms with Gasteiger partial charge in [0, 0.05) is 46.2 Å². The molecule has 0 aliphatic carbocycles. The molecular formula is C30H29Cl2N5O4. The van der Waals surface area contributed by atoms with E-state index < -0.39 is 12.1 Å². The highest BCUT2D eigenvalue weighted by molar-refractivity contribution is 6.31. The smallest absolute Gasteiger partial charge is 0.416 e. The van der Waals surface area contributed by atoms with Crippen molar-refractivity contribution in [1.29, 1.82) is 0 Å². The van der Waals surface area contributed by atoms with Crippen LogP contribution in [0.3, 0.4) is 0 Å². The zero-order valence-electron chi connectivity index (χ0n) is 22.3. The number of rotatable bonds is 9. The SMILES string of the molecule is COc1ccc(C2c3[nH]c4ccc(Cl)cc4c3CCN2C(=O)Oc2ccc(Cl)cc2)cc1OCCCN=CN=CN. The molecule has 1 aliphatic heterocycles. The summed E-state index contributed by atoms with van der Waals surface area (Å²) < 4.78 is 17.4. The highest BCUT2D eigenvalue weighted by Gasteiger charge is 2.36. The van der Waals surface area contributed by atoms with Crippen LogP contribution in [0.4, 0.5) is 4.79 Å². The predicted octanol–water partition coefficient (Wildman–Crippen LogP) is 6.41. The molecule has 0 saturated carbocycles. The fourth-order valence-corrected chi connectivity index (χ4v) is 5.22. The van der Waals surface area contributed by atoms with E-state index in [1.165, 1.54) is 12.7 Å². The van der Waals surface area contributed by atoms with Crippen molar-refractivity contribution in [3.8, 4) is 17.2 Å². The molecule has 4 aromatic rings. The van der Waals surface area contributed by atoms with Crippen LogP contribution < -0.4 is 19.9 Å². The molecule has 3 aromatic carbocycles. The van der Waals surface area contributed by atoms with E-state index in [9.17, 15) is 4.79 Å². The Labute approximate surface area is 247 Å². The molecule has 1 unspecified atom stereocenters. The lowest BCUT2D eigenvalue weighted by molar-refractivity contribution is 0.135. The minimum Gasteiger partial charge on any atom is -0.493 e. The summed E-state index contributed by atoms with van der Waals surface area (Å²) in [7, 11) is 1.59. The number of nitrogens with two attached hydrogens (primary N) is 1. The summed E-state index contributed by atoms with van der Waals surface area (Å²) in [5.41, 5.74) is 9.01. The first-order chi connectivity index (χ1) is 20.0. The van der Waals surface area contributed by atoms with E-state index in [-0.39, 0.29) is 0 Å². The fourth-order valence-electron chi connectivity index (χ4n) is 4.92. The van der Waals surface area contributed by atoms with Crippen LogP contribution in [0, 0.1) is 0 Å². The normalized spacial score (nSPS) is 15.0. The van der Waals surface area contributed by atoms with E-state index in [0.29, 0.717) is 59.8 Å². The summed E-state index contributed by atoms with van der Waals surface area (Å²) >= 11 is 12.4. The molecule has 5 rings (SSSR count). The topological polar surface area (TPSA) is 115 Å². The van der Waals surface area contributed by atoms with Gasteiger partial charge in [-0.3, -0.25) is 9.89 Å². The zero-order chi connectivity index (χ0) is 28.8. The standard InChI is InChI=1S/C30H29Cl2N5O4/c1-39-26-10-3-19(15-27(26)40-14-2-12-34-18-35-17-33)29-28-23(24-16-21(32)6-9-25(24)36-28)11-13-37(29)30(38)41-22-7-4-20(31)5-8-22/h3-10,15-18,29,36H,2,11-14H2,1H3,(H2,33,34,35). The Balaban J connectivity index is 1.48. The highest BCUT2D eigenvalue weighted by Crippen LogP contribution is 2.42. The van der Waals surface area contributed by atoms with E-state index in [0.717, 1.165) is 27.7 Å². The minimum atomic E-state index is -0.476. The van der Waals surface area contributed by atoms with Crippen LogP contribution >= 0.6 is 23.2 Å². The molecule has 3 N–H and O–H groups in total. The number of H-pyrrole nitrogens is 1. The van der Waals surface area contributed by atoms with Gasteiger partial charge in [0.2, 0.25) is 0 Å². The number of aromatic amines is 1. The Morgan fingerprint density at radius 2 is 1.90 bits per heavy atom. The third-order valence-corrected chi connectivity index (χ3v) is 7.26. The van der Waals surface area contributed by atoms with Gasteiger partial charge in [-0.25, -0.2) is 9.79 Å². The molecule has 2 heterocycles. The summed E-state index contributed by atoms with van der Waals surface area (Å²) in [5, 5.41) is 2.25. The highest BCUT2D eigenvalue weighted by atomic mass is 35.5. The molecule has 9 nitrogen and oxygen atoms in total. The van der Waals surface area contributed by atoms with Gasteiger partial charge in [-0.2, -0.15) is 0 Å². The van der Waals surface area contributed by atoms with Crippen molar-refractivity contribution < 1.29 is 19.0 Å². The third-order valence-electron chi connectivity index (χ3n) is 6.77. The number of carbonyl (C=O) groups excluding carboxylic acids is 1. The van der Waals surface area contributed by atoms with E-state index >= 15 is 0 Å². The Morgan fingerprint density at radius 1 is 1.10 bits per heavy atom. The third kappa shape index (κ3) is 6.42. The number of carbonyl (C=O) groups is 1. The number of amides is 1. The van der Waals surface area contributed by atoms with E-state index in [4.69, 9.17) is 43.1 Å². The molecule has 0 saturated heterocycles. The number of ether oxygens (including phenoxy) is 3. The van der Waals surface area contributed by atoms with Crippen molar-refractivity contribution in [3.05, 3.63) is 87.5 Å². The van der Waals surface area contributed by atoms with Crippen molar-refractivity contribution in [1.82, 2.24) is 9.88 Å². The van der Waals surface area contributed by atoms with Gasteiger partial charge < -0.3 is 24.9 Å². The van der Waals surface area contributed by atoms with Crippen LogP contribution in [-0.2, 0) is 6.42 Å². The maximum atomic E-state index is 13.6. The maximum absolute atomic E-state index is 13.6. The van der Waals surface area contributed by atoms with E-state index in [1.807, 2.05) is 36.4 Å². The summed E-state index contributed by atoms with van der Waals surface area (Å²) in [5.74, 6) is 1.55. The lowest BCUT2D eigenvalue weighted by atomic mass is 9.92. The number of hydrogen-bond acceptors (Lipinski definition) is 5. The van der Waals surface area contributed by atoms with Gasteiger partial charge in [-0.15, -0.1) is 0 Å². The molecule has 1 atom stereocenters. The van der Waals surface area contributed by atoms with Crippen molar-refractivity contribution in [3.63, 3.8) is 0 Å². The predicted molar refractivity (Wildman–Crippen MR) is 162 cm³/mol. The molecule has 11 heteroatoms. The summed E-state index contributed by atoms with van der Waals surface area (Å²) in [6, 6.07) is 17.7. The first kappa shape index (κ1) is 28.3. The molecule has 41 heavy (non-hydrogen) atoms. The minimum absolute atomic E-state index is 0.408. The molecule has 0 fully saturated rings. The number of fused-ring (bicyclic) bond motifs is 3. The van der Waals surface area contributed by atoms with Gasteiger partial charge in [0.15, 0.2) is 11.5 Å². The first-order valence-electron chi connectivity index (χ1n) is 13.0. The Bertz CT molecular complexity index is 1590. The molecule has 0 bridgehead atoms. The maximum Gasteiger partial charge on any atom is 0.416 e. The average Bonchev–Trinajstić information content (AvgIpc) is 3.35. The molecule has 1 aromatic heterocycles. The Kier molecular flexibility index (Phi) is 8.96. The molecule has 1 amide bonds. The van der Waals surface area contributed by atoms with Gasteiger partial charge in [-0.05, 0) is 72.1 Å². The Hall–Kier alpha value is -4.21. The van der Waals surface area contributed by atoms with Crippen molar-refractivity contribution in [2.45, 2.75) is 18.9 Å². The number of aliphatic imine (C=N–C) groups is 2. The monoisotopic (exact) mass is 593 g/mol. The van der Waals surface area contributed by atoms with Crippen molar-refractivity contribution in [2.75, 3.05) is 26.8 Å². The zero-order valence-corrected chi connectivity index (χ0v) is 23.9. The van der Waals surface area contributed by atoms with Crippen LogP contribution in [-0.4, -0.2) is 55.5 Å². The lowest BCUT2D eigenvalue weighted by Crippen LogP contribution is -2.42. The molecule has 0 radical (unpaired) electrons. The van der Waals surface area contributed by atoms with Crippen LogP contribution in [0.2, 0.25) is 10.0 Å². The number of aromatic nitrogens is 1. The van der Waals surface area contributed by atoms with Crippen molar-refractivity contribution >= 4 is 52.9 Å². The van der Waals surface area contributed by atoms with Crippen LogP contribution in [0.25, 0.3) is 10.9 Å². The number of halogens is 2. The number of nitrogens with one attached hydrogen (secondary N) is 1. The summed E-state index contributed by atoms with van der Waals surface area (Å²) in [6.07, 6.45) is 3.42. The van der Waals surface area contributed by atoms with Crippen molar-refractivity contribution in [2.24, 2.45) is 15.7 Å². The van der Waals surface area contributed by atoms with Crippen LogP contribution in [0.1, 0.15) is 29.3 Å². The number of benzene rings is 3. The average molecular weight is 594 g/mol. The summed E-state index contributed by atoms with van der Waals surface area (Å²) in [6.45, 7) is 1.38. The van der Waals surface area contributed by atoms with Gasteiger partial charge in [0.1, 0.15) is 18.1 Å². The van der Waals surface area contributed by atoms with Crippen LogP contribution in [0.5, 0.6) is 17.2 Å². The summed E-state index contributed by atoms with van der Waals surface area (Å²) in [4.78, 5) is 26.7. The van der Waals surface area contributed by atoms with E-state index in [1.54, 1.807) is 36.3 Å². The molecule has 0 spiro atoms. The fraction of sp³-hybridized carbons (Fsp3) is 0.233. The molecule has 1 aliphatic rings. The van der Waals surface area contributed by atoms with Gasteiger partial charge in [0.05, 0.1) is 20.1 Å². The first-order valence-corrected chi connectivity index (χ1v) is 13.8. The van der Waals surface area contributed by atoms with Gasteiger partial charge in [0.25, 0.3) is 0 Å². The van der Waals surface area contributed by atoms with Gasteiger partial charge in [-0.1, -0.05) is 29.3 Å². The number of nitrogens with zero attached hydrogens (tertiary/aromatic N) is 3. The van der Waals surface area contributed by atoms with Gasteiger partial charge >= 0.3 is 6.09 Å². The largest absolute Gasteiger partial charge is 0.493 e. The lowest BCUT2D eigenvalue weighted by Gasteiger charge is -2.35. The quantitative estimate of drug-likeness (QED) is 0.132. The number of hydrogen-bond donors (Lipinski definition) is 2. The number of methoxy groups -OCH3 is 1.